The molecule has 8 heteroatoms. The summed E-state index contributed by atoms with van der Waals surface area (Å²) in [4.78, 5) is 45.7. The lowest BCUT2D eigenvalue weighted by atomic mass is 9.82. The maximum atomic E-state index is 14.1. The smallest absolute Gasteiger partial charge is 0.296 e. The molecule has 0 bridgehead atoms. The van der Waals surface area contributed by atoms with Crippen molar-refractivity contribution >= 4 is 29.0 Å². The first-order valence-electron chi connectivity index (χ1n) is 11.9. The number of amides is 2. The van der Waals surface area contributed by atoms with E-state index in [0.29, 0.717) is 42.3 Å². The molecule has 184 valence electrons. The number of aliphatic hydroxyl groups excluding tert-OH is 1. The van der Waals surface area contributed by atoms with Crippen molar-refractivity contribution in [2.24, 2.45) is 0 Å². The van der Waals surface area contributed by atoms with Crippen molar-refractivity contribution in [1.82, 2.24) is 9.80 Å². The molecular formula is C27H31N3O5. The Labute approximate surface area is 205 Å². The summed E-state index contributed by atoms with van der Waals surface area (Å²) in [7, 11) is 3.71. The molecule has 0 saturated carbocycles. The third-order valence-corrected chi connectivity index (χ3v) is 6.50. The Morgan fingerprint density at radius 3 is 2.34 bits per heavy atom. The predicted molar refractivity (Wildman–Crippen MR) is 133 cm³/mol. The fraction of sp³-hybridized carbons (Fsp3) is 0.370. The fourth-order valence-electron chi connectivity index (χ4n) is 4.85. The number of hydrogen-bond donors (Lipinski definition) is 1. The van der Waals surface area contributed by atoms with Crippen molar-refractivity contribution in [2.45, 2.75) is 25.8 Å². The van der Waals surface area contributed by atoms with E-state index in [1.165, 1.54) is 4.90 Å². The normalized spacial score (nSPS) is 20.9. The highest BCUT2D eigenvalue weighted by atomic mass is 16.5. The molecule has 2 amide bonds. The Balaban J connectivity index is 1.95. The molecule has 1 unspecified atom stereocenters. The maximum absolute atomic E-state index is 14.1. The zero-order valence-electron chi connectivity index (χ0n) is 20.6. The minimum absolute atomic E-state index is 0.149. The topological polar surface area (TPSA) is 90.4 Å². The molecular weight excluding hydrogens is 446 g/mol. The van der Waals surface area contributed by atoms with Crippen molar-refractivity contribution in [1.29, 1.82) is 0 Å². The second-order valence-electron chi connectivity index (χ2n) is 8.96. The summed E-state index contributed by atoms with van der Waals surface area (Å²) in [6, 6.07) is 13.8. The quantitative estimate of drug-likeness (QED) is 0.357. The number of likely N-dealkylation sites (N-methyl/N-ethyl adjacent to an activating group) is 2. The van der Waals surface area contributed by atoms with E-state index >= 15 is 0 Å². The second-order valence-corrected chi connectivity index (χ2v) is 8.96. The van der Waals surface area contributed by atoms with Crippen molar-refractivity contribution < 1.29 is 24.2 Å². The predicted octanol–water partition coefficient (Wildman–Crippen LogP) is 2.98. The van der Waals surface area contributed by atoms with Crippen LogP contribution in [-0.2, 0) is 19.9 Å². The molecule has 2 aliphatic heterocycles. The van der Waals surface area contributed by atoms with Gasteiger partial charge in [0.1, 0.15) is 11.5 Å². The summed E-state index contributed by atoms with van der Waals surface area (Å²) in [5.74, 6) is -1.82. The molecule has 0 radical (unpaired) electrons. The van der Waals surface area contributed by atoms with Crippen LogP contribution in [0.2, 0.25) is 0 Å². The Kier molecular flexibility index (Phi) is 6.67. The number of aliphatic hydroxyl groups is 1. The van der Waals surface area contributed by atoms with E-state index in [1.54, 1.807) is 47.4 Å². The van der Waals surface area contributed by atoms with Gasteiger partial charge in [-0.25, -0.2) is 0 Å². The first-order chi connectivity index (χ1) is 16.8. The summed E-state index contributed by atoms with van der Waals surface area (Å²) in [6.07, 6.45) is 0.856. The molecule has 2 heterocycles. The number of hydrogen-bond acceptors (Lipinski definition) is 6. The number of benzene rings is 2. The lowest BCUT2D eigenvalue weighted by molar-refractivity contribution is -0.143. The highest BCUT2D eigenvalue weighted by Gasteiger charge is 2.66. The van der Waals surface area contributed by atoms with E-state index < -0.39 is 23.1 Å². The molecule has 1 saturated heterocycles. The Morgan fingerprint density at radius 1 is 1.03 bits per heavy atom. The van der Waals surface area contributed by atoms with Gasteiger partial charge in [0, 0.05) is 30.8 Å². The number of carbonyl (C=O) groups is 3. The zero-order valence-corrected chi connectivity index (χ0v) is 20.6. The number of ketones is 1. The molecule has 1 N–H and O–H groups in total. The van der Waals surface area contributed by atoms with Gasteiger partial charge in [-0.3, -0.25) is 14.4 Å². The number of fused-ring (bicyclic) bond motifs is 2. The molecule has 2 aromatic rings. The van der Waals surface area contributed by atoms with Crippen LogP contribution in [0, 0.1) is 0 Å². The molecule has 4 rings (SSSR count). The first kappa shape index (κ1) is 24.5. The third kappa shape index (κ3) is 3.78. The average molecular weight is 478 g/mol. The van der Waals surface area contributed by atoms with Crippen LogP contribution in [0.15, 0.2) is 54.1 Å². The van der Waals surface area contributed by atoms with Gasteiger partial charge >= 0.3 is 0 Å². The number of carbonyl (C=O) groups excluding carboxylic acids is 3. The van der Waals surface area contributed by atoms with E-state index in [0.717, 1.165) is 6.42 Å². The first-order valence-corrected chi connectivity index (χ1v) is 11.9. The number of nitrogens with zero attached hydrogens (tertiary/aromatic N) is 3. The van der Waals surface area contributed by atoms with Crippen LogP contribution in [0.1, 0.15) is 31.4 Å². The van der Waals surface area contributed by atoms with Gasteiger partial charge < -0.3 is 24.5 Å². The van der Waals surface area contributed by atoms with Crippen molar-refractivity contribution in [2.75, 3.05) is 45.2 Å². The maximum Gasteiger partial charge on any atom is 0.296 e. The van der Waals surface area contributed by atoms with Crippen LogP contribution >= 0.6 is 0 Å². The van der Waals surface area contributed by atoms with Crippen LogP contribution in [0.5, 0.6) is 5.75 Å². The van der Waals surface area contributed by atoms with Crippen molar-refractivity contribution in [3.05, 3.63) is 65.2 Å². The summed E-state index contributed by atoms with van der Waals surface area (Å²) >= 11 is 0. The van der Waals surface area contributed by atoms with Crippen LogP contribution in [-0.4, -0.2) is 72.8 Å². The van der Waals surface area contributed by atoms with Crippen molar-refractivity contribution in [3.8, 4) is 5.75 Å². The van der Waals surface area contributed by atoms with E-state index in [1.807, 2.05) is 38.9 Å². The standard InChI is InChI=1S/C27H31N3O5/c1-5-17-35-19-13-11-18(12-14-19)23(31)22-24(32)25(33)30(16-15-28(3)4)27(22)20-9-7-8-10-21(20)29(6-2)26(27)34/h7-14,31H,5-6,15-17H2,1-4H3/b23-22-. The Hall–Kier alpha value is -3.65. The van der Waals surface area contributed by atoms with E-state index in [9.17, 15) is 19.5 Å². The summed E-state index contributed by atoms with van der Waals surface area (Å²) < 4.78 is 5.62. The molecule has 0 aromatic heterocycles. The van der Waals surface area contributed by atoms with E-state index in [2.05, 4.69) is 0 Å². The number of Topliss-reactive ketones (excluding diaryl/α,β-unsaturated/α-hetero) is 1. The fourth-order valence-corrected chi connectivity index (χ4v) is 4.85. The summed E-state index contributed by atoms with van der Waals surface area (Å²) in [5, 5.41) is 11.5. The van der Waals surface area contributed by atoms with Crippen LogP contribution in [0.25, 0.3) is 5.76 Å². The summed E-state index contributed by atoms with van der Waals surface area (Å²) in [5.41, 5.74) is -0.436. The number of anilines is 1. The molecule has 1 fully saturated rings. The number of likely N-dealkylation sites (tertiary alicyclic amines) is 1. The van der Waals surface area contributed by atoms with Crippen LogP contribution in [0.3, 0.4) is 0 Å². The highest BCUT2D eigenvalue weighted by molar-refractivity contribution is 6.50. The van der Waals surface area contributed by atoms with Gasteiger partial charge in [-0.05, 0) is 57.8 Å². The average Bonchev–Trinajstić information content (AvgIpc) is 3.23. The highest BCUT2D eigenvalue weighted by Crippen LogP contribution is 2.53. The SMILES string of the molecule is CCCOc1ccc(/C(O)=C2\C(=O)C(=O)N(CCN(C)C)C23C(=O)N(CC)c2ccccc23)cc1. The zero-order chi connectivity index (χ0) is 25.3. The van der Waals surface area contributed by atoms with Gasteiger partial charge in [-0.1, -0.05) is 25.1 Å². The van der Waals surface area contributed by atoms with Crippen molar-refractivity contribution in [3.63, 3.8) is 0 Å². The van der Waals surface area contributed by atoms with Gasteiger partial charge in [0.25, 0.3) is 17.6 Å². The van der Waals surface area contributed by atoms with Gasteiger partial charge in [0.05, 0.1) is 17.9 Å². The summed E-state index contributed by atoms with van der Waals surface area (Å²) in [6.45, 7) is 5.36. The van der Waals surface area contributed by atoms with Gasteiger partial charge in [-0.15, -0.1) is 0 Å². The minimum atomic E-state index is -1.72. The largest absolute Gasteiger partial charge is 0.507 e. The lowest BCUT2D eigenvalue weighted by Crippen LogP contribution is -2.53. The number of para-hydroxylation sites is 1. The van der Waals surface area contributed by atoms with E-state index in [4.69, 9.17) is 4.74 Å². The van der Waals surface area contributed by atoms with E-state index in [-0.39, 0.29) is 17.9 Å². The van der Waals surface area contributed by atoms with Crippen LogP contribution < -0.4 is 9.64 Å². The molecule has 35 heavy (non-hydrogen) atoms. The number of ether oxygens (including phenoxy) is 1. The minimum Gasteiger partial charge on any atom is -0.507 e. The molecule has 2 aromatic carbocycles. The molecule has 1 spiro atoms. The number of rotatable bonds is 8. The third-order valence-electron chi connectivity index (χ3n) is 6.50. The Morgan fingerprint density at radius 2 is 1.71 bits per heavy atom. The molecule has 1 atom stereocenters. The van der Waals surface area contributed by atoms with Gasteiger partial charge in [0.2, 0.25) is 0 Å². The Bertz CT molecular complexity index is 1190. The van der Waals surface area contributed by atoms with Gasteiger partial charge in [-0.2, -0.15) is 0 Å². The lowest BCUT2D eigenvalue weighted by Gasteiger charge is -2.35. The van der Waals surface area contributed by atoms with Gasteiger partial charge in [0.15, 0.2) is 5.54 Å². The second kappa shape index (κ2) is 9.54. The monoisotopic (exact) mass is 477 g/mol. The molecule has 8 nitrogen and oxygen atoms in total. The van der Waals surface area contributed by atoms with Crippen LogP contribution in [0.4, 0.5) is 5.69 Å². The molecule has 0 aliphatic carbocycles. The molecule has 2 aliphatic rings.